The molecule has 0 amide bonds. The Morgan fingerprint density at radius 3 is 3.18 bits per heavy atom. The van der Waals surface area contributed by atoms with Crippen molar-refractivity contribution in [2.75, 3.05) is 18.0 Å². The van der Waals surface area contributed by atoms with Crippen molar-refractivity contribution in [1.82, 2.24) is 14.6 Å². The molecule has 1 aliphatic rings. The summed E-state index contributed by atoms with van der Waals surface area (Å²) < 4.78 is 1.78. The van der Waals surface area contributed by atoms with Gasteiger partial charge in [0.1, 0.15) is 5.82 Å². The lowest BCUT2D eigenvalue weighted by Gasteiger charge is -2.26. The van der Waals surface area contributed by atoms with Crippen LogP contribution < -0.4 is 10.6 Å². The van der Waals surface area contributed by atoms with Crippen molar-refractivity contribution >= 4 is 11.5 Å². The van der Waals surface area contributed by atoms with Crippen molar-refractivity contribution < 1.29 is 0 Å². The molecule has 0 bridgehead atoms. The highest BCUT2D eigenvalue weighted by molar-refractivity contribution is 5.48. The molecule has 2 aromatic heterocycles. The van der Waals surface area contributed by atoms with Crippen LogP contribution in [0.1, 0.15) is 13.3 Å². The molecule has 3 heterocycles. The van der Waals surface area contributed by atoms with E-state index in [1.54, 1.807) is 10.7 Å². The first-order valence-electron chi connectivity index (χ1n) is 6.06. The number of nitrogens with zero attached hydrogens (tertiary/aromatic N) is 4. The lowest BCUT2D eigenvalue weighted by Crippen LogP contribution is -2.38. The highest BCUT2D eigenvalue weighted by Gasteiger charge is 2.30. The molecule has 3 rings (SSSR count). The number of hydrogen-bond acceptors (Lipinski definition) is 4. The topological polar surface area (TPSA) is 59.5 Å². The fraction of sp³-hybridized carbons (Fsp3) is 0.500. The molecule has 2 unspecified atom stereocenters. The molecule has 0 aromatic carbocycles. The zero-order chi connectivity index (χ0) is 11.8. The van der Waals surface area contributed by atoms with Crippen LogP contribution in [0.5, 0.6) is 0 Å². The minimum atomic E-state index is 0.410. The minimum absolute atomic E-state index is 0.410. The van der Waals surface area contributed by atoms with E-state index in [0.717, 1.165) is 18.0 Å². The first-order chi connectivity index (χ1) is 8.29. The second kappa shape index (κ2) is 4.00. The maximum absolute atomic E-state index is 5.86. The van der Waals surface area contributed by atoms with Crippen LogP contribution in [0.25, 0.3) is 5.65 Å². The molecule has 1 aliphatic heterocycles. The fourth-order valence-corrected chi connectivity index (χ4v) is 2.61. The smallest absolute Gasteiger partial charge is 0.157 e. The van der Waals surface area contributed by atoms with Crippen molar-refractivity contribution in [3.05, 3.63) is 24.5 Å². The van der Waals surface area contributed by atoms with Gasteiger partial charge in [-0.3, -0.25) is 0 Å². The maximum Gasteiger partial charge on any atom is 0.157 e. The van der Waals surface area contributed by atoms with Crippen molar-refractivity contribution in [2.45, 2.75) is 19.4 Å². The monoisotopic (exact) mass is 231 g/mol. The Balaban J connectivity index is 1.97. The van der Waals surface area contributed by atoms with Crippen LogP contribution in [-0.4, -0.2) is 33.7 Å². The number of fused-ring (bicyclic) bond motifs is 1. The molecular formula is C12H17N5. The molecule has 90 valence electrons. The van der Waals surface area contributed by atoms with Gasteiger partial charge in [0.2, 0.25) is 0 Å². The second-order valence-corrected chi connectivity index (χ2v) is 4.68. The summed E-state index contributed by atoms with van der Waals surface area (Å²) in [5, 5.41) is 4.15. The highest BCUT2D eigenvalue weighted by Crippen LogP contribution is 2.27. The molecule has 17 heavy (non-hydrogen) atoms. The summed E-state index contributed by atoms with van der Waals surface area (Å²) in [6.07, 6.45) is 4.90. The third kappa shape index (κ3) is 1.67. The standard InChI is InChI=1S/C12H17N5/c1-9-3-6-16(10(9)8-13)11-4-7-17-12(15-11)2-5-14-17/h2,4-5,7,9-10H,3,6,8,13H2,1H3. The van der Waals surface area contributed by atoms with Gasteiger partial charge in [0, 0.05) is 31.4 Å². The average Bonchev–Trinajstić information content (AvgIpc) is 2.93. The average molecular weight is 231 g/mol. The third-order valence-corrected chi connectivity index (χ3v) is 3.66. The molecule has 1 saturated heterocycles. The van der Waals surface area contributed by atoms with Gasteiger partial charge in [-0.2, -0.15) is 5.10 Å². The van der Waals surface area contributed by atoms with Gasteiger partial charge < -0.3 is 10.6 Å². The summed E-state index contributed by atoms with van der Waals surface area (Å²) in [6.45, 7) is 3.99. The van der Waals surface area contributed by atoms with Gasteiger partial charge in [-0.05, 0) is 18.4 Å². The molecule has 0 saturated carbocycles. The van der Waals surface area contributed by atoms with E-state index < -0.39 is 0 Å². The van der Waals surface area contributed by atoms with Crippen LogP contribution in [0.2, 0.25) is 0 Å². The zero-order valence-corrected chi connectivity index (χ0v) is 9.95. The Bertz CT molecular complexity index is 520. The summed E-state index contributed by atoms with van der Waals surface area (Å²) in [7, 11) is 0. The number of anilines is 1. The molecular weight excluding hydrogens is 214 g/mol. The normalized spacial score (nSPS) is 24.7. The van der Waals surface area contributed by atoms with Crippen molar-refractivity contribution in [2.24, 2.45) is 11.7 Å². The molecule has 0 spiro atoms. The van der Waals surface area contributed by atoms with Crippen LogP contribution in [-0.2, 0) is 0 Å². The quantitative estimate of drug-likeness (QED) is 0.834. The second-order valence-electron chi connectivity index (χ2n) is 4.68. The van der Waals surface area contributed by atoms with E-state index in [1.165, 1.54) is 6.42 Å². The number of nitrogens with two attached hydrogens (primary N) is 1. The molecule has 5 nitrogen and oxygen atoms in total. The lowest BCUT2D eigenvalue weighted by molar-refractivity contribution is 0.517. The predicted molar refractivity (Wildman–Crippen MR) is 67.0 cm³/mol. The Morgan fingerprint density at radius 2 is 2.35 bits per heavy atom. The van der Waals surface area contributed by atoms with E-state index in [0.29, 0.717) is 18.5 Å². The Kier molecular flexibility index (Phi) is 2.48. The molecule has 2 N–H and O–H groups in total. The van der Waals surface area contributed by atoms with Gasteiger partial charge in [0.25, 0.3) is 0 Å². The van der Waals surface area contributed by atoms with Gasteiger partial charge in [0.15, 0.2) is 5.65 Å². The summed E-state index contributed by atoms with van der Waals surface area (Å²) in [6, 6.07) is 4.34. The predicted octanol–water partition coefficient (Wildman–Crippen LogP) is 0.903. The van der Waals surface area contributed by atoms with Crippen molar-refractivity contribution in [3.63, 3.8) is 0 Å². The molecule has 2 aromatic rings. The molecule has 5 heteroatoms. The Hall–Kier alpha value is -1.62. The summed E-state index contributed by atoms with van der Waals surface area (Å²) in [5.41, 5.74) is 6.74. The van der Waals surface area contributed by atoms with E-state index in [4.69, 9.17) is 5.73 Å². The van der Waals surface area contributed by atoms with E-state index in [9.17, 15) is 0 Å². The maximum atomic E-state index is 5.86. The molecule has 1 fully saturated rings. The number of rotatable bonds is 2. The van der Waals surface area contributed by atoms with E-state index in [2.05, 4.69) is 21.9 Å². The largest absolute Gasteiger partial charge is 0.352 e. The SMILES string of the molecule is CC1CCN(c2ccn3nccc3n2)C1CN. The van der Waals surface area contributed by atoms with E-state index in [1.807, 2.05) is 18.3 Å². The van der Waals surface area contributed by atoms with Gasteiger partial charge in [0.05, 0.1) is 6.20 Å². The van der Waals surface area contributed by atoms with Gasteiger partial charge >= 0.3 is 0 Å². The Labute approximate surface area is 100 Å². The fourth-order valence-electron chi connectivity index (χ4n) is 2.61. The molecule has 0 radical (unpaired) electrons. The summed E-state index contributed by atoms with van der Waals surface area (Å²) >= 11 is 0. The first kappa shape index (κ1) is 10.5. The molecule has 0 aliphatic carbocycles. The van der Waals surface area contributed by atoms with Crippen LogP contribution >= 0.6 is 0 Å². The highest BCUT2D eigenvalue weighted by atomic mass is 15.3. The Morgan fingerprint density at radius 1 is 1.47 bits per heavy atom. The van der Waals surface area contributed by atoms with Gasteiger partial charge in [-0.15, -0.1) is 0 Å². The third-order valence-electron chi connectivity index (χ3n) is 3.66. The summed E-state index contributed by atoms with van der Waals surface area (Å²) in [4.78, 5) is 6.94. The van der Waals surface area contributed by atoms with Gasteiger partial charge in [-0.25, -0.2) is 9.50 Å². The van der Waals surface area contributed by atoms with E-state index >= 15 is 0 Å². The summed E-state index contributed by atoms with van der Waals surface area (Å²) in [5.74, 6) is 1.65. The zero-order valence-electron chi connectivity index (χ0n) is 9.95. The number of aromatic nitrogens is 3. The van der Waals surface area contributed by atoms with Crippen LogP contribution in [0.15, 0.2) is 24.5 Å². The first-order valence-corrected chi connectivity index (χ1v) is 6.06. The van der Waals surface area contributed by atoms with Gasteiger partial charge in [-0.1, -0.05) is 6.92 Å². The van der Waals surface area contributed by atoms with Crippen LogP contribution in [0, 0.1) is 5.92 Å². The number of hydrogen-bond donors (Lipinski definition) is 1. The van der Waals surface area contributed by atoms with E-state index in [-0.39, 0.29) is 0 Å². The van der Waals surface area contributed by atoms with Crippen LogP contribution in [0.3, 0.4) is 0 Å². The molecule has 2 atom stereocenters. The van der Waals surface area contributed by atoms with Crippen molar-refractivity contribution in [1.29, 1.82) is 0 Å². The minimum Gasteiger partial charge on any atom is -0.352 e. The lowest BCUT2D eigenvalue weighted by atomic mass is 10.0. The van der Waals surface area contributed by atoms with Crippen molar-refractivity contribution in [3.8, 4) is 0 Å². The van der Waals surface area contributed by atoms with Crippen LogP contribution in [0.4, 0.5) is 5.82 Å².